The standard InChI is InChI=1S/C21H19N5OS/c27-20(25-21-22-10-13-28-21)15-7-5-8-16-18(15)24-19(23-16)14-6-1-2-9-17(14)26-11-3-4-12-26/h1-2,5-10,13H,3-4,11-12H2,(H,23,24)(H,22,25,27). The predicted octanol–water partition coefficient (Wildman–Crippen LogP) is 4.54. The fourth-order valence-electron chi connectivity index (χ4n) is 3.70. The molecule has 2 aromatic heterocycles. The minimum atomic E-state index is -0.202. The summed E-state index contributed by atoms with van der Waals surface area (Å²) in [6, 6.07) is 13.9. The zero-order chi connectivity index (χ0) is 18.9. The summed E-state index contributed by atoms with van der Waals surface area (Å²) < 4.78 is 0. The van der Waals surface area contributed by atoms with Gasteiger partial charge in [-0.3, -0.25) is 10.1 Å². The van der Waals surface area contributed by atoms with Crippen molar-refractivity contribution in [3.63, 3.8) is 0 Å². The lowest BCUT2D eigenvalue weighted by atomic mass is 10.1. The summed E-state index contributed by atoms with van der Waals surface area (Å²) in [5, 5.41) is 5.25. The molecule has 1 amide bonds. The molecule has 0 atom stereocenters. The number of imidazole rings is 1. The van der Waals surface area contributed by atoms with E-state index in [0.29, 0.717) is 16.2 Å². The lowest BCUT2D eigenvalue weighted by molar-refractivity contribution is 0.102. The van der Waals surface area contributed by atoms with Crippen LogP contribution in [0.2, 0.25) is 0 Å². The lowest BCUT2D eigenvalue weighted by Gasteiger charge is -2.20. The Bertz CT molecular complexity index is 1130. The fraction of sp³-hybridized carbons (Fsp3) is 0.190. The van der Waals surface area contributed by atoms with Gasteiger partial charge in [0.15, 0.2) is 5.13 Å². The number of fused-ring (bicyclic) bond motifs is 1. The Balaban J connectivity index is 1.55. The zero-order valence-corrected chi connectivity index (χ0v) is 16.0. The number of rotatable bonds is 4. The van der Waals surface area contributed by atoms with Gasteiger partial charge in [0.2, 0.25) is 0 Å². The van der Waals surface area contributed by atoms with Gasteiger partial charge in [-0.2, -0.15) is 0 Å². The van der Waals surface area contributed by atoms with Gasteiger partial charge >= 0.3 is 0 Å². The number of benzene rings is 2. The van der Waals surface area contributed by atoms with E-state index in [2.05, 4.69) is 38.4 Å². The Morgan fingerprint density at radius 2 is 1.96 bits per heavy atom. The van der Waals surface area contributed by atoms with Crippen LogP contribution in [0.15, 0.2) is 54.0 Å². The Morgan fingerprint density at radius 3 is 2.79 bits per heavy atom. The third-order valence-corrected chi connectivity index (χ3v) is 5.70. The number of anilines is 2. The number of hydrogen-bond donors (Lipinski definition) is 2. The van der Waals surface area contributed by atoms with Crippen LogP contribution in [0, 0.1) is 0 Å². The van der Waals surface area contributed by atoms with Crippen LogP contribution in [0.4, 0.5) is 10.8 Å². The van der Waals surface area contributed by atoms with Gasteiger partial charge < -0.3 is 9.88 Å². The number of carbonyl (C=O) groups excluding carboxylic acids is 1. The van der Waals surface area contributed by atoms with Crippen molar-refractivity contribution in [2.45, 2.75) is 12.8 Å². The first kappa shape index (κ1) is 16.9. The lowest BCUT2D eigenvalue weighted by Crippen LogP contribution is -2.18. The summed E-state index contributed by atoms with van der Waals surface area (Å²) in [6.07, 6.45) is 4.11. The highest BCUT2D eigenvalue weighted by Gasteiger charge is 2.20. The summed E-state index contributed by atoms with van der Waals surface area (Å²) in [5.41, 5.74) is 4.30. The first-order chi connectivity index (χ1) is 13.8. The molecule has 0 aliphatic carbocycles. The maximum atomic E-state index is 12.7. The first-order valence-corrected chi connectivity index (χ1v) is 10.2. The molecular weight excluding hydrogens is 370 g/mol. The normalized spacial score (nSPS) is 13.9. The van der Waals surface area contributed by atoms with Crippen LogP contribution in [0.25, 0.3) is 22.4 Å². The molecule has 0 bridgehead atoms. The summed E-state index contributed by atoms with van der Waals surface area (Å²) in [4.78, 5) is 27.5. The number of para-hydroxylation sites is 2. The Labute approximate surface area is 166 Å². The molecule has 1 saturated heterocycles. The molecule has 0 saturated carbocycles. The maximum Gasteiger partial charge on any atom is 0.259 e. The first-order valence-electron chi connectivity index (χ1n) is 9.33. The molecule has 1 aliphatic rings. The van der Waals surface area contributed by atoms with Gasteiger partial charge in [0.1, 0.15) is 11.3 Å². The van der Waals surface area contributed by atoms with E-state index in [1.807, 2.05) is 23.6 Å². The second kappa shape index (κ2) is 7.09. The van der Waals surface area contributed by atoms with Gasteiger partial charge in [-0.25, -0.2) is 9.97 Å². The SMILES string of the molecule is O=C(Nc1nccs1)c1cccc2[nH]c(-c3ccccc3N3CCCC3)nc12. The van der Waals surface area contributed by atoms with Crippen LogP contribution in [0.1, 0.15) is 23.2 Å². The van der Waals surface area contributed by atoms with Crippen molar-refractivity contribution in [3.05, 3.63) is 59.6 Å². The highest BCUT2D eigenvalue weighted by molar-refractivity contribution is 7.13. The van der Waals surface area contributed by atoms with Gasteiger partial charge in [0.25, 0.3) is 5.91 Å². The van der Waals surface area contributed by atoms with E-state index in [-0.39, 0.29) is 5.91 Å². The Kier molecular flexibility index (Phi) is 4.29. The second-order valence-corrected chi connectivity index (χ2v) is 7.68. The van der Waals surface area contributed by atoms with Crippen molar-refractivity contribution in [2.24, 2.45) is 0 Å². The van der Waals surface area contributed by atoms with E-state index in [9.17, 15) is 4.79 Å². The molecule has 5 rings (SSSR count). The number of nitrogens with zero attached hydrogens (tertiary/aromatic N) is 3. The van der Waals surface area contributed by atoms with Crippen molar-refractivity contribution in [1.29, 1.82) is 0 Å². The van der Waals surface area contributed by atoms with E-state index in [1.54, 1.807) is 12.3 Å². The number of hydrogen-bond acceptors (Lipinski definition) is 5. The molecule has 140 valence electrons. The van der Waals surface area contributed by atoms with Gasteiger partial charge in [-0.15, -0.1) is 11.3 Å². The molecule has 2 N–H and O–H groups in total. The molecule has 0 radical (unpaired) electrons. The predicted molar refractivity (Wildman–Crippen MR) is 113 cm³/mol. The number of aromatic amines is 1. The number of thiazole rings is 1. The van der Waals surface area contributed by atoms with Crippen LogP contribution in [-0.4, -0.2) is 33.9 Å². The van der Waals surface area contributed by atoms with Crippen LogP contribution in [0.3, 0.4) is 0 Å². The van der Waals surface area contributed by atoms with Crippen LogP contribution >= 0.6 is 11.3 Å². The maximum absolute atomic E-state index is 12.7. The number of nitrogens with one attached hydrogen (secondary N) is 2. The van der Waals surface area contributed by atoms with Crippen molar-refractivity contribution >= 4 is 39.1 Å². The Hall–Kier alpha value is -3.19. The third kappa shape index (κ3) is 3.03. The average Bonchev–Trinajstić information content (AvgIpc) is 3.48. The molecule has 0 unspecified atom stereocenters. The third-order valence-electron chi connectivity index (χ3n) is 5.02. The minimum Gasteiger partial charge on any atom is -0.371 e. The molecule has 1 aliphatic heterocycles. The molecule has 4 aromatic rings. The van der Waals surface area contributed by atoms with Gasteiger partial charge in [0, 0.05) is 35.9 Å². The zero-order valence-electron chi connectivity index (χ0n) is 15.2. The highest BCUT2D eigenvalue weighted by atomic mass is 32.1. The summed E-state index contributed by atoms with van der Waals surface area (Å²) in [6.45, 7) is 2.14. The number of amides is 1. The minimum absolute atomic E-state index is 0.202. The van der Waals surface area contributed by atoms with E-state index >= 15 is 0 Å². The molecule has 1 fully saturated rings. The van der Waals surface area contributed by atoms with Gasteiger partial charge in [0.05, 0.1) is 11.1 Å². The van der Waals surface area contributed by atoms with E-state index in [1.165, 1.54) is 29.9 Å². The largest absolute Gasteiger partial charge is 0.371 e. The summed E-state index contributed by atoms with van der Waals surface area (Å²) in [5.74, 6) is 0.582. The number of aromatic nitrogens is 3. The van der Waals surface area contributed by atoms with Crippen molar-refractivity contribution in [2.75, 3.05) is 23.3 Å². The number of H-pyrrole nitrogens is 1. The fourth-order valence-corrected chi connectivity index (χ4v) is 4.22. The molecule has 7 heteroatoms. The second-order valence-electron chi connectivity index (χ2n) is 6.79. The highest BCUT2D eigenvalue weighted by Crippen LogP contribution is 2.33. The van der Waals surface area contributed by atoms with Crippen molar-refractivity contribution in [3.8, 4) is 11.4 Å². The number of carbonyl (C=O) groups is 1. The smallest absolute Gasteiger partial charge is 0.259 e. The van der Waals surface area contributed by atoms with Crippen molar-refractivity contribution < 1.29 is 4.79 Å². The monoisotopic (exact) mass is 389 g/mol. The van der Waals surface area contributed by atoms with Crippen molar-refractivity contribution in [1.82, 2.24) is 15.0 Å². The van der Waals surface area contributed by atoms with Gasteiger partial charge in [-0.05, 0) is 37.1 Å². The van der Waals surface area contributed by atoms with Crippen LogP contribution in [-0.2, 0) is 0 Å². The molecular formula is C21H19N5OS. The summed E-state index contributed by atoms with van der Waals surface area (Å²) >= 11 is 1.39. The quantitative estimate of drug-likeness (QED) is 0.537. The average molecular weight is 389 g/mol. The van der Waals surface area contributed by atoms with E-state index in [0.717, 1.165) is 30.0 Å². The molecule has 0 spiro atoms. The molecule has 3 heterocycles. The molecule has 28 heavy (non-hydrogen) atoms. The van der Waals surface area contributed by atoms with E-state index in [4.69, 9.17) is 4.98 Å². The summed E-state index contributed by atoms with van der Waals surface area (Å²) in [7, 11) is 0. The molecule has 6 nitrogen and oxygen atoms in total. The Morgan fingerprint density at radius 1 is 1.11 bits per heavy atom. The van der Waals surface area contributed by atoms with Gasteiger partial charge in [-0.1, -0.05) is 18.2 Å². The topological polar surface area (TPSA) is 73.9 Å². The van der Waals surface area contributed by atoms with Crippen LogP contribution < -0.4 is 10.2 Å². The van der Waals surface area contributed by atoms with Crippen LogP contribution in [0.5, 0.6) is 0 Å². The van der Waals surface area contributed by atoms with E-state index < -0.39 is 0 Å². The molecule has 2 aromatic carbocycles.